The first-order chi connectivity index (χ1) is 7.61. The molecule has 0 aliphatic rings. The first-order valence-corrected chi connectivity index (χ1v) is 5.69. The molecule has 0 saturated heterocycles. The summed E-state index contributed by atoms with van der Waals surface area (Å²) in [4.78, 5) is 21.6. The van der Waals surface area contributed by atoms with Gasteiger partial charge in [0.2, 0.25) is 0 Å². The molecule has 0 heterocycles. The average molecular weight is 228 g/mol. The van der Waals surface area contributed by atoms with Crippen LogP contribution in [0.3, 0.4) is 0 Å². The predicted octanol–water partition coefficient (Wildman–Crippen LogP) is 2.53. The van der Waals surface area contributed by atoms with Crippen LogP contribution in [0.2, 0.25) is 0 Å². The fourth-order valence-corrected chi connectivity index (χ4v) is 1.29. The highest BCUT2D eigenvalue weighted by Crippen LogP contribution is 2.08. The number of carboxylic acid groups (broad SMARTS) is 1. The van der Waals surface area contributed by atoms with E-state index in [1.165, 1.54) is 0 Å². The second-order valence-electron chi connectivity index (χ2n) is 3.44. The van der Waals surface area contributed by atoms with Gasteiger partial charge in [-0.25, -0.2) is 4.79 Å². The van der Waals surface area contributed by atoms with E-state index in [-0.39, 0.29) is 12.4 Å². The van der Waals surface area contributed by atoms with E-state index >= 15 is 0 Å². The van der Waals surface area contributed by atoms with Gasteiger partial charge in [0, 0.05) is 12.0 Å². The Labute approximate surface area is 96.3 Å². The molecule has 0 unspecified atom stereocenters. The predicted molar refractivity (Wildman–Crippen MR) is 61.1 cm³/mol. The standard InChI is InChI=1S/C12H20O4/c1-3-10(12(15)16-4-2)8-6-5-7-9-11(13)14/h8H,3-7,9H2,1-2H3,(H,13,14)/b10-8+. The van der Waals surface area contributed by atoms with Gasteiger partial charge in [-0.1, -0.05) is 13.0 Å². The molecule has 0 fully saturated rings. The number of carbonyl (C=O) groups is 2. The van der Waals surface area contributed by atoms with Crippen LogP contribution in [0.1, 0.15) is 46.0 Å². The first kappa shape index (κ1) is 14.7. The van der Waals surface area contributed by atoms with Gasteiger partial charge in [-0.2, -0.15) is 0 Å². The number of esters is 1. The van der Waals surface area contributed by atoms with Crippen molar-refractivity contribution >= 4 is 11.9 Å². The van der Waals surface area contributed by atoms with Gasteiger partial charge in [0.1, 0.15) is 0 Å². The fraction of sp³-hybridized carbons (Fsp3) is 0.667. The van der Waals surface area contributed by atoms with Crippen molar-refractivity contribution in [3.63, 3.8) is 0 Å². The lowest BCUT2D eigenvalue weighted by molar-refractivity contribution is -0.139. The maximum absolute atomic E-state index is 11.4. The number of hydrogen-bond acceptors (Lipinski definition) is 3. The molecule has 0 aliphatic heterocycles. The zero-order valence-corrected chi connectivity index (χ0v) is 9.99. The third-order valence-electron chi connectivity index (χ3n) is 2.15. The summed E-state index contributed by atoms with van der Waals surface area (Å²) in [5.41, 5.74) is 0.678. The molecular formula is C12H20O4. The average Bonchev–Trinajstić information content (AvgIpc) is 2.23. The van der Waals surface area contributed by atoms with Gasteiger partial charge in [0.15, 0.2) is 0 Å². The Bertz CT molecular complexity index is 256. The monoisotopic (exact) mass is 228 g/mol. The molecule has 0 bridgehead atoms. The molecule has 1 N–H and O–H groups in total. The van der Waals surface area contributed by atoms with Crippen molar-refractivity contribution < 1.29 is 19.4 Å². The lowest BCUT2D eigenvalue weighted by Gasteiger charge is -2.04. The molecule has 4 heteroatoms. The van der Waals surface area contributed by atoms with Crippen molar-refractivity contribution in [3.8, 4) is 0 Å². The van der Waals surface area contributed by atoms with Crippen LogP contribution in [0, 0.1) is 0 Å². The summed E-state index contributed by atoms with van der Waals surface area (Å²) in [6.45, 7) is 4.06. The van der Waals surface area contributed by atoms with Gasteiger partial charge in [-0.3, -0.25) is 4.79 Å². The van der Waals surface area contributed by atoms with Crippen molar-refractivity contribution in [2.75, 3.05) is 6.61 Å². The van der Waals surface area contributed by atoms with Gasteiger partial charge in [0.05, 0.1) is 6.61 Å². The Morgan fingerprint density at radius 2 is 1.94 bits per heavy atom. The second-order valence-corrected chi connectivity index (χ2v) is 3.44. The van der Waals surface area contributed by atoms with Crippen LogP contribution in [0.5, 0.6) is 0 Å². The van der Waals surface area contributed by atoms with Gasteiger partial charge >= 0.3 is 11.9 Å². The Morgan fingerprint density at radius 1 is 1.25 bits per heavy atom. The largest absolute Gasteiger partial charge is 0.481 e. The molecule has 0 rings (SSSR count). The molecule has 92 valence electrons. The fourth-order valence-electron chi connectivity index (χ4n) is 1.29. The maximum atomic E-state index is 11.4. The SMILES string of the molecule is CCOC(=O)/C(=C/CCCCC(=O)O)CC. The molecule has 0 aromatic heterocycles. The van der Waals surface area contributed by atoms with Crippen LogP contribution < -0.4 is 0 Å². The highest BCUT2D eigenvalue weighted by molar-refractivity contribution is 5.88. The van der Waals surface area contributed by atoms with Crippen LogP contribution >= 0.6 is 0 Å². The van der Waals surface area contributed by atoms with E-state index in [1.807, 2.05) is 13.0 Å². The molecule has 0 saturated carbocycles. The van der Waals surface area contributed by atoms with E-state index in [0.717, 1.165) is 12.8 Å². The van der Waals surface area contributed by atoms with E-state index in [4.69, 9.17) is 9.84 Å². The van der Waals surface area contributed by atoms with Crippen molar-refractivity contribution in [2.24, 2.45) is 0 Å². The minimum absolute atomic E-state index is 0.189. The number of allylic oxidation sites excluding steroid dienone is 1. The van der Waals surface area contributed by atoms with E-state index in [2.05, 4.69) is 0 Å². The van der Waals surface area contributed by atoms with Gasteiger partial charge in [0.25, 0.3) is 0 Å². The van der Waals surface area contributed by atoms with E-state index in [9.17, 15) is 9.59 Å². The number of carboxylic acids is 1. The zero-order chi connectivity index (χ0) is 12.4. The molecule has 0 spiro atoms. The summed E-state index contributed by atoms with van der Waals surface area (Å²) in [5, 5.41) is 8.44. The van der Waals surface area contributed by atoms with E-state index in [1.54, 1.807) is 6.92 Å². The summed E-state index contributed by atoms with van der Waals surface area (Å²) in [6.07, 6.45) is 4.85. The van der Waals surface area contributed by atoms with E-state index < -0.39 is 5.97 Å². The third-order valence-corrected chi connectivity index (χ3v) is 2.15. The molecular weight excluding hydrogens is 208 g/mol. The molecule has 16 heavy (non-hydrogen) atoms. The van der Waals surface area contributed by atoms with E-state index in [0.29, 0.717) is 25.0 Å². The van der Waals surface area contributed by atoms with Crippen LogP contribution in [-0.2, 0) is 14.3 Å². The Morgan fingerprint density at radius 3 is 2.44 bits per heavy atom. The van der Waals surface area contributed by atoms with Crippen molar-refractivity contribution in [1.82, 2.24) is 0 Å². The summed E-state index contributed by atoms with van der Waals surface area (Å²) in [7, 11) is 0. The Hall–Kier alpha value is -1.32. The zero-order valence-electron chi connectivity index (χ0n) is 9.99. The highest BCUT2D eigenvalue weighted by atomic mass is 16.5. The molecule has 4 nitrogen and oxygen atoms in total. The van der Waals surface area contributed by atoms with Gasteiger partial charge in [-0.05, 0) is 32.6 Å². The quantitative estimate of drug-likeness (QED) is 0.394. The number of unbranched alkanes of at least 4 members (excludes halogenated alkanes) is 2. The summed E-state index contributed by atoms with van der Waals surface area (Å²) < 4.78 is 4.89. The maximum Gasteiger partial charge on any atom is 0.333 e. The molecule has 0 aromatic rings. The van der Waals surface area contributed by atoms with Gasteiger partial charge < -0.3 is 9.84 Å². The number of hydrogen-bond donors (Lipinski definition) is 1. The number of carbonyl (C=O) groups excluding carboxylic acids is 1. The minimum atomic E-state index is -0.773. The van der Waals surface area contributed by atoms with Crippen LogP contribution in [0.25, 0.3) is 0 Å². The normalized spacial score (nSPS) is 11.2. The van der Waals surface area contributed by atoms with Gasteiger partial charge in [-0.15, -0.1) is 0 Å². The summed E-state index contributed by atoms with van der Waals surface area (Å²) in [5.74, 6) is -1.03. The molecule has 0 atom stereocenters. The summed E-state index contributed by atoms with van der Waals surface area (Å²) >= 11 is 0. The van der Waals surface area contributed by atoms with Crippen molar-refractivity contribution in [2.45, 2.75) is 46.0 Å². The Balaban J connectivity index is 3.88. The smallest absolute Gasteiger partial charge is 0.333 e. The first-order valence-electron chi connectivity index (χ1n) is 5.69. The Kier molecular flexibility index (Phi) is 8.21. The highest BCUT2D eigenvalue weighted by Gasteiger charge is 2.06. The third kappa shape index (κ3) is 7.04. The van der Waals surface area contributed by atoms with Crippen LogP contribution in [0.15, 0.2) is 11.6 Å². The van der Waals surface area contributed by atoms with Crippen LogP contribution in [-0.4, -0.2) is 23.7 Å². The second kappa shape index (κ2) is 8.95. The topological polar surface area (TPSA) is 63.6 Å². The minimum Gasteiger partial charge on any atom is -0.481 e. The number of rotatable bonds is 8. The lowest BCUT2D eigenvalue weighted by atomic mass is 10.1. The lowest BCUT2D eigenvalue weighted by Crippen LogP contribution is -2.06. The molecule has 0 amide bonds. The van der Waals surface area contributed by atoms with Crippen molar-refractivity contribution in [1.29, 1.82) is 0 Å². The van der Waals surface area contributed by atoms with Crippen LogP contribution in [0.4, 0.5) is 0 Å². The summed E-state index contributed by atoms with van der Waals surface area (Å²) in [6, 6.07) is 0. The molecule has 0 aromatic carbocycles. The molecule has 0 radical (unpaired) electrons. The molecule has 0 aliphatic carbocycles. The van der Waals surface area contributed by atoms with Crippen molar-refractivity contribution in [3.05, 3.63) is 11.6 Å². The number of ether oxygens (including phenoxy) is 1. The number of aliphatic carboxylic acids is 1.